The van der Waals surface area contributed by atoms with Gasteiger partial charge in [-0.15, -0.1) is 12.4 Å². The van der Waals surface area contributed by atoms with E-state index in [2.05, 4.69) is 12.1 Å². The maximum absolute atomic E-state index is 12.7. The molecule has 4 rings (SSSR count). The molecular weight excluding hydrogens is 378 g/mol. The number of hydrogen-bond acceptors (Lipinski definition) is 4. The van der Waals surface area contributed by atoms with Crippen LogP contribution < -0.4 is 5.73 Å². The Balaban J connectivity index is 0.00000225. The molecule has 0 aromatic heterocycles. The normalized spacial score (nSPS) is 26.2. The molecule has 3 aliphatic rings. The van der Waals surface area contributed by atoms with Crippen LogP contribution in [0.15, 0.2) is 30.3 Å². The van der Waals surface area contributed by atoms with Gasteiger partial charge in [0.25, 0.3) is 0 Å². The summed E-state index contributed by atoms with van der Waals surface area (Å²) in [6.45, 7) is 2.65. The number of rotatable bonds is 4. The molecule has 0 bridgehead atoms. The average molecular weight is 408 g/mol. The molecule has 2 amide bonds. The van der Waals surface area contributed by atoms with E-state index in [9.17, 15) is 9.59 Å². The first-order valence-corrected chi connectivity index (χ1v) is 10.1. The van der Waals surface area contributed by atoms with Gasteiger partial charge in [-0.25, -0.2) is 4.79 Å². The second-order valence-electron chi connectivity index (χ2n) is 8.30. The summed E-state index contributed by atoms with van der Waals surface area (Å²) in [5.41, 5.74) is 6.76. The molecule has 0 unspecified atom stereocenters. The van der Waals surface area contributed by atoms with E-state index in [1.807, 2.05) is 28.0 Å². The predicted molar refractivity (Wildman–Crippen MR) is 109 cm³/mol. The third kappa shape index (κ3) is 4.44. The molecule has 2 heterocycles. The first-order valence-electron chi connectivity index (χ1n) is 10.1. The standard InChI is InChI=1S/C21H29N3O3.ClH/c22-18-7-6-17(14-18)19(25)23-12-9-21(10-13-23)15-24(20(26)27-21)11-8-16-4-2-1-3-5-16;/h1-5,17-18H,6-15,22H2;1H/t17-,18+;/m0./s1. The lowest BCUT2D eigenvalue weighted by atomic mass is 9.90. The number of likely N-dealkylation sites (tertiary alicyclic amines) is 1. The van der Waals surface area contributed by atoms with Gasteiger partial charge in [-0.05, 0) is 31.2 Å². The van der Waals surface area contributed by atoms with Crippen molar-refractivity contribution in [3.05, 3.63) is 35.9 Å². The van der Waals surface area contributed by atoms with E-state index in [1.165, 1.54) is 5.56 Å². The van der Waals surface area contributed by atoms with Crippen LogP contribution in [0, 0.1) is 5.92 Å². The maximum atomic E-state index is 12.7. The number of nitrogens with two attached hydrogens (primary N) is 1. The summed E-state index contributed by atoms with van der Waals surface area (Å²) in [6, 6.07) is 10.4. The van der Waals surface area contributed by atoms with Gasteiger partial charge in [0.1, 0.15) is 5.60 Å². The molecule has 7 heteroatoms. The number of benzene rings is 1. The zero-order valence-electron chi connectivity index (χ0n) is 16.2. The minimum Gasteiger partial charge on any atom is -0.441 e. The number of ether oxygens (including phenoxy) is 1. The van der Waals surface area contributed by atoms with E-state index < -0.39 is 5.60 Å². The Hall–Kier alpha value is -1.79. The quantitative estimate of drug-likeness (QED) is 0.832. The van der Waals surface area contributed by atoms with Crippen LogP contribution in [0.2, 0.25) is 0 Å². The second kappa shape index (κ2) is 8.70. The van der Waals surface area contributed by atoms with Crippen LogP contribution in [-0.4, -0.2) is 59.6 Å². The molecule has 154 valence electrons. The minimum absolute atomic E-state index is 0. The molecule has 1 aromatic rings. The Kier molecular flexibility index (Phi) is 6.50. The summed E-state index contributed by atoms with van der Waals surface area (Å²) in [5.74, 6) is 0.325. The van der Waals surface area contributed by atoms with Gasteiger partial charge in [0.15, 0.2) is 0 Å². The number of carbonyl (C=O) groups excluding carboxylic acids is 2. The van der Waals surface area contributed by atoms with Crippen molar-refractivity contribution in [2.24, 2.45) is 11.7 Å². The van der Waals surface area contributed by atoms with Gasteiger partial charge < -0.3 is 20.3 Å². The summed E-state index contributed by atoms with van der Waals surface area (Å²) in [7, 11) is 0. The maximum Gasteiger partial charge on any atom is 0.410 e. The zero-order valence-corrected chi connectivity index (χ0v) is 17.0. The number of nitrogens with zero attached hydrogens (tertiary/aromatic N) is 2. The summed E-state index contributed by atoms with van der Waals surface area (Å²) < 4.78 is 5.79. The molecule has 3 fully saturated rings. The molecule has 28 heavy (non-hydrogen) atoms. The highest BCUT2D eigenvalue weighted by atomic mass is 35.5. The van der Waals surface area contributed by atoms with E-state index in [4.69, 9.17) is 10.5 Å². The fraction of sp³-hybridized carbons (Fsp3) is 0.619. The summed E-state index contributed by atoms with van der Waals surface area (Å²) in [5, 5.41) is 0. The minimum atomic E-state index is -0.420. The number of piperidine rings is 1. The number of carbonyl (C=O) groups is 2. The highest BCUT2D eigenvalue weighted by Crippen LogP contribution is 2.35. The Bertz CT molecular complexity index is 691. The van der Waals surface area contributed by atoms with Crippen LogP contribution >= 0.6 is 12.4 Å². The molecule has 1 aliphatic carbocycles. The van der Waals surface area contributed by atoms with Gasteiger partial charge >= 0.3 is 6.09 Å². The number of hydrogen-bond donors (Lipinski definition) is 1. The lowest BCUT2D eigenvalue weighted by Crippen LogP contribution is -2.50. The molecule has 2 N–H and O–H groups in total. The Morgan fingerprint density at radius 1 is 1.18 bits per heavy atom. The van der Waals surface area contributed by atoms with Gasteiger partial charge in [0, 0.05) is 44.4 Å². The van der Waals surface area contributed by atoms with Gasteiger partial charge in [-0.1, -0.05) is 30.3 Å². The predicted octanol–water partition coefficient (Wildman–Crippen LogP) is 2.59. The van der Waals surface area contributed by atoms with E-state index in [0.29, 0.717) is 26.2 Å². The van der Waals surface area contributed by atoms with E-state index in [0.717, 1.165) is 38.5 Å². The van der Waals surface area contributed by atoms with Crippen LogP contribution in [0.25, 0.3) is 0 Å². The van der Waals surface area contributed by atoms with Gasteiger partial charge in [-0.2, -0.15) is 0 Å². The van der Waals surface area contributed by atoms with Crippen molar-refractivity contribution in [1.29, 1.82) is 0 Å². The Labute approximate surface area is 172 Å². The summed E-state index contributed by atoms with van der Waals surface area (Å²) in [6.07, 6.45) is 4.73. The van der Waals surface area contributed by atoms with Crippen molar-refractivity contribution < 1.29 is 14.3 Å². The molecular formula is C21H30ClN3O3. The van der Waals surface area contributed by atoms with Crippen LogP contribution in [0.1, 0.15) is 37.7 Å². The van der Waals surface area contributed by atoms with Gasteiger partial charge in [0.05, 0.1) is 6.54 Å². The Morgan fingerprint density at radius 2 is 1.89 bits per heavy atom. The summed E-state index contributed by atoms with van der Waals surface area (Å²) >= 11 is 0. The molecule has 2 aliphatic heterocycles. The fourth-order valence-electron chi connectivity index (χ4n) is 4.67. The van der Waals surface area contributed by atoms with Crippen LogP contribution in [0.4, 0.5) is 4.79 Å². The second-order valence-corrected chi connectivity index (χ2v) is 8.30. The van der Waals surface area contributed by atoms with E-state index in [-0.39, 0.29) is 36.4 Å². The van der Waals surface area contributed by atoms with Crippen molar-refractivity contribution in [1.82, 2.24) is 9.80 Å². The van der Waals surface area contributed by atoms with Gasteiger partial charge in [0.2, 0.25) is 5.91 Å². The lowest BCUT2D eigenvalue weighted by molar-refractivity contribution is -0.138. The van der Waals surface area contributed by atoms with Crippen LogP contribution in [-0.2, 0) is 16.0 Å². The molecule has 0 radical (unpaired) electrons. The molecule has 1 spiro atoms. The molecule has 2 saturated heterocycles. The van der Waals surface area contributed by atoms with Crippen LogP contribution in [0.5, 0.6) is 0 Å². The molecule has 6 nitrogen and oxygen atoms in total. The topological polar surface area (TPSA) is 75.9 Å². The van der Waals surface area contributed by atoms with Crippen molar-refractivity contribution >= 4 is 24.4 Å². The van der Waals surface area contributed by atoms with Crippen molar-refractivity contribution in [2.45, 2.75) is 50.2 Å². The van der Waals surface area contributed by atoms with Crippen LogP contribution in [0.3, 0.4) is 0 Å². The third-order valence-corrected chi connectivity index (χ3v) is 6.36. The number of amides is 2. The van der Waals surface area contributed by atoms with Crippen molar-refractivity contribution in [3.63, 3.8) is 0 Å². The van der Waals surface area contributed by atoms with E-state index >= 15 is 0 Å². The molecule has 2 atom stereocenters. The average Bonchev–Trinajstić information content (AvgIpc) is 3.24. The van der Waals surface area contributed by atoms with E-state index in [1.54, 1.807) is 0 Å². The Morgan fingerprint density at radius 3 is 2.54 bits per heavy atom. The first-order chi connectivity index (χ1) is 13.0. The highest BCUT2D eigenvalue weighted by Gasteiger charge is 2.47. The largest absolute Gasteiger partial charge is 0.441 e. The SMILES string of the molecule is Cl.N[C@@H]1CC[C@H](C(=O)N2CCC3(CC2)CN(CCc2ccccc2)C(=O)O3)C1. The highest BCUT2D eigenvalue weighted by molar-refractivity contribution is 5.85. The smallest absolute Gasteiger partial charge is 0.410 e. The number of halogens is 1. The van der Waals surface area contributed by atoms with Crippen molar-refractivity contribution in [3.8, 4) is 0 Å². The first kappa shape index (κ1) is 20.9. The molecule has 1 aromatic carbocycles. The molecule has 1 saturated carbocycles. The summed E-state index contributed by atoms with van der Waals surface area (Å²) in [4.78, 5) is 28.8. The monoisotopic (exact) mass is 407 g/mol. The third-order valence-electron chi connectivity index (χ3n) is 6.36. The van der Waals surface area contributed by atoms with Gasteiger partial charge in [-0.3, -0.25) is 4.79 Å². The zero-order chi connectivity index (χ0) is 18.9. The van der Waals surface area contributed by atoms with Crippen molar-refractivity contribution in [2.75, 3.05) is 26.2 Å². The lowest BCUT2D eigenvalue weighted by Gasteiger charge is -2.38. The fourth-order valence-corrected chi connectivity index (χ4v) is 4.67.